The maximum absolute atomic E-state index is 6.02. The number of imidazole rings is 1. The number of fused-ring (bicyclic) bond motifs is 2. The molecule has 1 aliphatic heterocycles. The Morgan fingerprint density at radius 2 is 2.10 bits per heavy atom. The van der Waals surface area contributed by atoms with Crippen molar-refractivity contribution in [1.82, 2.24) is 9.38 Å². The van der Waals surface area contributed by atoms with Gasteiger partial charge in [0.15, 0.2) is 5.82 Å². The summed E-state index contributed by atoms with van der Waals surface area (Å²) in [5.41, 5.74) is 8.19. The second-order valence-electron chi connectivity index (χ2n) is 6.11. The number of nitrogens with zero attached hydrogens (tertiary/aromatic N) is 3. The number of nitrogens with two attached hydrogens (primary N) is 1. The maximum Gasteiger partial charge on any atom is 0.152 e. The van der Waals surface area contributed by atoms with E-state index in [9.17, 15) is 0 Å². The predicted octanol–water partition coefficient (Wildman–Crippen LogP) is 2.56. The molecule has 3 heterocycles. The van der Waals surface area contributed by atoms with Crippen LogP contribution in [0.2, 0.25) is 0 Å². The van der Waals surface area contributed by atoms with Crippen LogP contribution in [0, 0.1) is 5.92 Å². The zero-order valence-corrected chi connectivity index (χ0v) is 11.8. The lowest BCUT2D eigenvalue weighted by Crippen LogP contribution is -2.43. The summed E-state index contributed by atoms with van der Waals surface area (Å²) >= 11 is 0. The first-order valence-corrected chi connectivity index (χ1v) is 7.81. The molecule has 2 atom stereocenters. The van der Waals surface area contributed by atoms with Crippen molar-refractivity contribution in [3.8, 4) is 0 Å². The molecule has 2 unspecified atom stereocenters. The van der Waals surface area contributed by atoms with E-state index in [0.717, 1.165) is 29.6 Å². The smallest absolute Gasteiger partial charge is 0.152 e. The van der Waals surface area contributed by atoms with E-state index in [1.165, 1.54) is 32.1 Å². The standard InChI is InChI=1S/C16H22N4/c17-11-14-16(18-15-8-1-2-9-19(14)15)20-10-4-6-12-5-3-7-13(12)20/h1-2,8-9,12-13H,3-7,10-11,17H2. The van der Waals surface area contributed by atoms with Crippen molar-refractivity contribution in [2.45, 2.75) is 44.7 Å². The minimum absolute atomic E-state index is 0.550. The first-order chi connectivity index (χ1) is 9.88. The lowest BCUT2D eigenvalue weighted by atomic mass is 9.92. The van der Waals surface area contributed by atoms with Gasteiger partial charge in [0.2, 0.25) is 0 Å². The molecule has 4 heteroatoms. The third-order valence-corrected chi connectivity index (χ3v) is 5.07. The highest BCUT2D eigenvalue weighted by Crippen LogP contribution is 2.39. The molecule has 1 aliphatic carbocycles. The summed E-state index contributed by atoms with van der Waals surface area (Å²) in [5.74, 6) is 2.01. The van der Waals surface area contributed by atoms with Crippen LogP contribution in [0.4, 0.5) is 5.82 Å². The third kappa shape index (κ3) is 1.74. The number of hydrogen-bond acceptors (Lipinski definition) is 3. The van der Waals surface area contributed by atoms with Gasteiger partial charge in [0.25, 0.3) is 0 Å². The van der Waals surface area contributed by atoms with Gasteiger partial charge >= 0.3 is 0 Å². The first-order valence-electron chi connectivity index (χ1n) is 7.81. The third-order valence-electron chi connectivity index (χ3n) is 5.07. The van der Waals surface area contributed by atoms with Crippen molar-refractivity contribution in [3.05, 3.63) is 30.1 Å². The number of hydrogen-bond donors (Lipinski definition) is 1. The maximum atomic E-state index is 6.02. The fourth-order valence-electron chi connectivity index (χ4n) is 4.17. The average molecular weight is 270 g/mol. The molecule has 0 spiro atoms. The molecule has 0 radical (unpaired) electrons. The second kappa shape index (κ2) is 4.77. The van der Waals surface area contributed by atoms with Gasteiger partial charge in [-0.15, -0.1) is 0 Å². The van der Waals surface area contributed by atoms with Gasteiger partial charge in [-0.25, -0.2) is 4.98 Å². The first kappa shape index (κ1) is 12.2. The minimum Gasteiger partial charge on any atom is -0.352 e. The SMILES string of the molecule is NCc1c(N2CCCC3CCCC32)nc2ccccn12. The summed E-state index contributed by atoms with van der Waals surface area (Å²) in [6.07, 6.45) is 8.85. The molecule has 1 saturated carbocycles. The Bertz CT molecular complexity index is 618. The van der Waals surface area contributed by atoms with E-state index in [4.69, 9.17) is 10.7 Å². The quantitative estimate of drug-likeness (QED) is 0.912. The second-order valence-corrected chi connectivity index (χ2v) is 6.11. The molecule has 2 aliphatic rings. The Balaban J connectivity index is 1.80. The molecule has 1 saturated heterocycles. The highest BCUT2D eigenvalue weighted by atomic mass is 15.3. The van der Waals surface area contributed by atoms with Gasteiger partial charge < -0.3 is 15.0 Å². The molecule has 2 aromatic rings. The molecule has 2 N–H and O–H groups in total. The number of aromatic nitrogens is 2. The summed E-state index contributed by atoms with van der Waals surface area (Å²) < 4.78 is 2.15. The van der Waals surface area contributed by atoms with E-state index in [1.807, 2.05) is 12.1 Å². The molecular weight excluding hydrogens is 248 g/mol. The summed E-state index contributed by atoms with van der Waals surface area (Å²) in [5, 5.41) is 0. The molecule has 20 heavy (non-hydrogen) atoms. The van der Waals surface area contributed by atoms with Crippen LogP contribution in [0.15, 0.2) is 24.4 Å². The lowest BCUT2D eigenvalue weighted by molar-refractivity contribution is 0.360. The highest BCUT2D eigenvalue weighted by Gasteiger charge is 2.36. The topological polar surface area (TPSA) is 46.6 Å². The number of rotatable bonds is 2. The Hall–Kier alpha value is -1.55. The number of pyridine rings is 1. The molecular formula is C16H22N4. The van der Waals surface area contributed by atoms with Gasteiger partial charge in [-0.2, -0.15) is 0 Å². The molecule has 0 bridgehead atoms. The van der Waals surface area contributed by atoms with Crippen LogP contribution in [0.3, 0.4) is 0 Å². The Morgan fingerprint density at radius 3 is 3.00 bits per heavy atom. The van der Waals surface area contributed by atoms with E-state index < -0.39 is 0 Å². The molecule has 4 rings (SSSR count). The Kier molecular flexibility index (Phi) is 2.91. The zero-order chi connectivity index (χ0) is 13.5. The van der Waals surface area contributed by atoms with Gasteiger partial charge in [0.1, 0.15) is 5.65 Å². The lowest BCUT2D eigenvalue weighted by Gasteiger charge is -2.38. The van der Waals surface area contributed by atoms with Crippen LogP contribution < -0.4 is 10.6 Å². The van der Waals surface area contributed by atoms with Crippen molar-refractivity contribution >= 4 is 11.5 Å². The number of anilines is 1. The molecule has 106 valence electrons. The van der Waals surface area contributed by atoms with Crippen molar-refractivity contribution in [2.75, 3.05) is 11.4 Å². The Labute approximate surface area is 119 Å². The largest absolute Gasteiger partial charge is 0.352 e. The van der Waals surface area contributed by atoms with Crippen LogP contribution >= 0.6 is 0 Å². The molecule has 4 nitrogen and oxygen atoms in total. The fourth-order valence-corrected chi connectivity index (χ4v) is 4.17. The molecule has 2 aromatic heterocycles. The molecule has 2 fully saturated rings. The zero-order valence-electron chi connectivity index (χ0n) is 11.8. The normalized spacial score (nSPS) is 26.1. The molecule has 0 amide bonds. The predicted molar refractivity (Wildman–Crippen MR) is 80.8 cm³/mol. The van der Waals surface area contributed by atoms with Crippen LogP contribution in [-0.4, -0.2) is 22.0 Å². The van der Waals surface area contributed by atoms with Gasteiger partial charge in [0, 0.05) is 25.3 Å². The van der Waals surface area contributed by atoms with E-state index in [0.29, 0.717) is 12.6 Å². The summed E-state index contributed by atoms with van der Waals surface area (Å²) in [7, 11) is 0. The monoisotopic (exact) mass is 270 g/mol. The van der Waals surface area contributed by atoms with E-state index in [2.05, 4.69) is 21.6 Å². The van der Waals surface area contributed by atoms with Gasteiger partial charge in [0.05, 0.1) is 5.69 Å². The van der Waals surface area contributed by atoms with E-state index >= 15 is 0 Å². The van der Waals surface area contributed by atoms with Crippen molar-refractivity contribution in [3.63, 3.8) is 0 Å². The van der Waals surface area contributed by atoms with Crippen molar-refractivity contribution in [2.24, 2.45) is 11.7 Å². The van der Waals surface area contributed by atoms with E-state index in [1.54, 1.807) is 0 Å². The van der Waals surface area contributed by atoms with Gasteiger partial charge in [-0.1, -0.05) is 12.5 Å². The highest BCUT2D eigenvalue weighted by molar-refractivity contribution is 5.57. The van der Waals surface area contributed by atoms with Crippen molar-refractivity contribution in [1.29, 1.82) is 0 Å². The number of piperidine rings is 1. The fraction of sp³-hybridized carbons (Fsp3) is 0.562. The van der Waals surface area contributed by atoms with E-state index in [-0.39, 0.29) is 0 Å². The summed E-state index contributed by atoms with van der Waals surface area (Å²) in [6.45, 7) is 1.69. The van der Waals surface area contributed by atoms with Crippen LogP contribution in [-0.2, 0) is 6.54 Å². The van der Waals surface area contributed by atoms with Crippen molar-refractivity contribution < 1.29 is 0 Å². The average Bonchev–Trinajstić information content (AvgIpc) is 3.10. The van der Waals surface area contributed by atoms with Gasteiger partial charge in [-0.05, 0) is 43.7 Å². The summed E-state index contributed by atoms with van der Waals surface area (Å²) in [6, 6.07) is 6.85. The summed E-state index contributed by atoms with van der Waals surface area (Å²) in [4.78, 5) is 7.43. The Morgan fingerprint density at radius 1 is 1.20 bits per heavy atom. The van der Waals surface area contributed by atoms with Crippen LogP contribution in [0.1, 0.15) is 37.8 Å². The molecule has 0 aromatic carbocycles. The van der Waals surface area contributed by atoms with Crippen LogP contribution in [0.25, 0.3) is 5.65 Å². The van der Waals surface area contributed by atoms with Gasteiger partial charge in [-0.3, -0.25) is 0 Å². The van der Waals surface area contributed by atoms with Crippen LogP contribution in [0.5, 0.6) is 0 Å². The minimum atomic E-state index is 0.550.